The highest BCUT2D eigenvalue weighted by Crippen LogP contribution is 2.39. The van der Waals surface area contributed by atoms with Crippen molar-refractivity contribution in [2.45, 2.75) is 53.0 Å². The normalized spacial score (nSPS) is 25.3. The van der Waals surface area contributed by atoms with Gasteiger partial charge < -0.3 is 5.32 Å². The summed E-state index contributed by atoms with van der Waals surface area (Å²) in [4.78, 5) is 0. The third-order valence-electron chi connectivity index (χ3n) is 4.52. The molecule has 18 heavy (non-hydrogen) atoms. The molecule has 1 saturated carbocycles. The summed E-state index contributed by atoms with van der Waals surface area (Å²) < 4.78 is 0. The zero-order valence-corrected chi connectivity index (χ0v) is 12.3. The molecule has 2 rings (SSSR count). The molecular weight excluding hydrogens is 218 g/mol. The van der Waals surface area contributed by atoms with Gasteiger partial charge in [0.25, 0.3) is 0 Å². The second-order valence-corrected chi connectivity index (χ2v) is 6.06. The van der Waals surface area contributed by atoms with Crippen LogP contribution >= 0.6 is 0 Å². The average molecular weight is 245 g/mol. The Morgan fingerprint density at radius 1 is 1.22 bits per heavy atom. The van der Waals surface area contributed by atoms with Gasteiger partial charge in [0.2, 0.25) is 0 Å². The molecule has 0 amide bonds. The molecule has 0 bridgehead atoms. The Balaban J connectivity index is 2.20. The second kappa shape index (κ2) is 5.88. The average Bonchev–Trinajstić information content (AvgIpc) is 2.76. The Bertz CT molecular complexity index is 397. The Kier molecular flexibility index (Phi) is 4.45. The summed E-state index contributed by atoms with van der Waals surface area (Å²) in [5.74, 6) is 1.73. The van der Waals surface area contributed by atoms with Crippen LogP contribution in [0.1, 0.15) is 55.8 Å². The molecule has 1 nitrogen and oxygen atoms in total. The molecule has 0 spiro atoms. The van der Waals surface area contributed by atoms with Crippen molar-refractivity contribution in [3.63, 3.8) is 0 Å². The van der Waals surface area contributed by atoms with Gasteiger partial charge in [-0.2, -0.15) is 0 Å². The summed E-state index contributed by atoms with van der Waals surface area (Å²) in [6, 6.07) is 7.52. The lowest BCUT2D eigenvalue weighted by Crippen LogP contribution is -2.27. The van der Waals surface area contributed by atoms with Gasteiger partial charge in [0, 0.05) is 6.04 Å². The summed E-state index contributed by atoms with van der Waals surface area (Å²) in [5.41, 5.74) is 4.30. The van der Waals surface area contributed by atoms with Gasteiger partial charge >= 0.3 is 0 Å². The molecule has 1 aliphatic carbocycles. The summed E-state index contributed by atoms with van der Waals surface area (Å²) in [7, 11) is 0. The van der Waals surface area contributed by atoms with Gasteiger partial charge in [-0.25, -0.2) is 0 Å². The monoisotopic (exact) mass is 245 g/mol. The van der Waals surface area contributed by atoms with E-state index in [9.17, 15) is 0 Å². The SMILES string of the molecule is CCNC(c1ccc(C)c(C)c1)C1CCC(C)C1. The van der Waals surface area contributed by atoms with E-state index in [-0.39, 0.29) is 0 Å². The van der Waals surface area contributed by atoms with Crippen LogP contribution < -0.4 is 5.32 Å². The predicted octanol–water partition coefficient (Wildman–Crippen LogP) is 4.39. The lowest BCUT2D eigenvalue weighted by atomic mass is 9.89. The first-order valence-electron chi connectivity index (χ1n) is 7.42. The van der Waals surface area contributed by atoms with Crippen LogP contribution in [0.3, 0.4) is 0 Å². The Labute approximate surface area is 112 Å². The molecule has 0 radical (unpaired) electrons. The molecule has 1 fully saturated rings. The second-order valence-electron chi connectivity index (χ2n) is 6.06. The van der Waals surface area contributed by atoms with E-state index in [1.165, 1.54) is 36.0 Å². The van der Waals surface area contributed by atoms with E-state index in [2.05, 4.69) is 51.2 Å². The third kappa shape index (κ3) is 2.95. The molecule has 3 unspecified atom stereocenters. The van der Waals surface area contributed by atoms with Gasteiger partial charge in [0.15, 0.2) is 0 Å². The van der Waals surface area contributed by atoms with E-state index in [1.807, 2.05) is 0 Å². The first kappa shape index (κ1) is 13.6. The predicted molar refractivity (Wildman–Crippen MR) is 78.8 cm³/mol. The fourth-order valence-corrected chi connectivity index (χ4v) is 3.29. The fourth-order valence-electron chi connectivity index (χ4n) is 3.29. The van der Waals surface area contributed by atoms with E-state index >= 15 is 0 Å². The minimum absolute atomic E-state index is 0.555. The highest BCUT2D eigenvalue weighted by molar-refractivity contribution is 5.32. The molecule has 0 saturated heterocycles. The van der Waals surface area contributed by atoms with Gasteiger partial charge in [-0.15, -0.1) is 0 Å². The first-order chi connectivity index (χ1) is 8.61. The topological polar surface area (TPSA) is 12.0 Å². The molecule has 1 aliphatic rings. The fraction of sp³-hybridized carbons (Fsp3) is 0.647. The van der Waals surface area contributed by atoms with Crippen molar-refractivity contribution < 1.29 is 0 Å². The summed E-state index contributed by atoms with van der Waals surface area (Å²) in [5, 5.41) is 3.71. The van der Waals surface area contributed by atoms with Crippen LogP contribution in [0.5, 0.6) is 0 Å². The van der Waals surface area contributed by atoms with Crippen molar-refractivity contribution in [2.75, 3.05) is 6.54 Å². The minimum Gasteiger partial charge on any atom is -0.310 e. The van der Waals surface area contributed by atoms with Gasteiger partial charge in [-0.1, -0.05) is 38.5 Å². The third-order valence-corrected chi connectivity index (χ3v) is 4.52. The molecule has 0 heterocycles. The first-order valence-corrected chi connectivity index (χ1v) is 7.42. The zero-order valence-electron chi connectivity index (χ0n) is 12.3. The number of rotatable bonds is 4. The van der Waals surface area contributed by atoms with Crippen molar-refractivity contribution in [1.82, 2.24) is 5.32 Å². The maximum atomic E-state index is 3.71. The zero-order chi connectivity index (χ0) is 13.1. The molecular formula is C17H27N. The Morgan fingerprint density at radius 3 is 2.56 bits per heavy atom. The molecule has 1 aromatic rings. The van der Waals surface area contributed by atoms with E-state index in [0.717, 1.165) is 18.4 Å². The Morgan fingerprint density at radius 2 is 2.00 bits per heavy atom. The van der Waals surface area contributed by atoms with Gasteiger partial charge in [-0.05, 0) is 61.8 Å². The number of hydrogen-bond acceptors (Lipinski definition) is 1. The lowest BCUT2D eigenvalue weighted by molar-refractivity contribution is 0.365. The van der Waals surface area contributed by atoms with Crippen molar-refractivity contribution in [1.29, 1.82) is 0 Å². The molecule has 0 aliphatic heterocycles. The standard InChI is InChI=1S/C17H27N/c1-5-18-17(15-8-6-12(2)10-15)16-9-7-13(3)14(4)11-16/h7,9,11-12,15,17-18H,5-6,8,10H2,1-4H3. The maximum absolute atomic E-state index is 3.71. The number of nitrogens with one attached hydrogen (secondary N) is 1. The van der Waals surface area contributed by atoms with E-state index in [0.29, 0.717) is 6.04 Å². The van der Waals surface area contributed by atoms with Crippen LogP contribution in [0.2, 0.25) is 0 Å². The summed E-state index contributed by atoms with van der Waals surface area (Å²) in [6.07, 6.45) is 4.16. The largest absolute Gasteiger partial charge is 0.310 e. The smallest absolute Gasteiger partial charge is 0.0348 e. The molecule has 0 aromatic heterocycles. The molecule has 1 aromatic carbocycles. The Hall–Kier alpha value is -0.820. The van der Waals surface area contributed by atoms with Crippen LogP contribution in [0.15, 0.2) is 18.2 Å². The highest BCUT2D eigenvalue weighted by atomic mass is 14.9. The van der Waals surface area contributed by atoms with Crippen LogP contribution in [-0.4, -0.2) is 6.54 Å². The number of aryl methyl sites for hydroxylation is 2. The van der Waals surface area contributed by atoms with Crippen molar-refractivity contribution in [3.8, 4) is 0 Å². The van der Waals surface area contributed by atoms with Gasteiger partial charge in [0.1, 0.15) is 0 Å². The van der Waals surface area contributed by atoms with Crippen molar-refractivity contribution in [3.05, 3.63) is 34.9 Å². The van der Waals surface area contributed by atoms with Crippen LogP contribution in [0, 0.1) is 25.7 Å². The quantitative estimate of drug-likeness (QED) is 0.829. The van der Waals surface area contributed by atoms with Crippen LogP contribution in [0.25, 0.3) is 0 Å². The van der Waals surface area contributed by atoms with Gasteiger partial charge in [-0.3, -0.25) is 0 Å². The van der Waals surface area contributed by atoms with Gasteiger partial charge in [0.05, 0.1) is 0 Å². The molecule has 3 atom stereocenters. The molecule has 100 valence electrons. The molecule has 1 N–H and O–H groups in total. The van der Waals surface area contributed by atoms with Crippen LogP contribution in [-0.2, 0) is 0 Å². The van der Waals surface area contributed by atoms with E-state index in [1.54, 1.807) is 0 Å². The lowest BCUT2D eigenvalue weighted by Gasteiger charge is -2.25. The minimum atomic E-state index is 0.555. The summed E-state index contributed by atoms with van der Waals surface area (Å²) >= 11 is 0. The van der Waals surface area contributed by atoms with E-state index in [4.69, 9.17) is 0 Å². The summed E-state index contributed by atoms with van der Waals surface area (Å²) in [6.45, 7) is 10.1. The maximum Gasteiger partial charge on any atom is 0.0348 e. The molecule has 1 heteroatoms. The van der Waals surface area contributed by atoms with Crippen molar-refractivity contribution in [2.24, 2.45) is 11.8 Å². The number of hydrogen-bond donors (Lipinski definition) is 1. The van der Waals surface area contributed by atoms with Crippen molar-refractivity contribution >= 4 is 0 Å². The highest BCUT2D eigenvalue weighted by Gasteiger charge is 2.29. The number of benzene rings is 1. The van der Waals surface area contributed by atoms with Crippen LogP contribution in [0.4, 0.5) is 0 Å². The van der Waals surface area contributed by atoms with E-state index < -0.39 is 0 Å².